The van der Waals surface area contributed by atoms with Crippen molar-refractivity contribution in [3.05, 3.63) is 11.4 Å². The smallest absolute Gasteiger partial charge is 0.309 e. The largest absolute Gasteiger partial charge is 0.371 e. The molecular formula is C5H8N2O. The number of hydrogen-bond acceptors (Lipinski definition) is 2. The summed E-state index contributed by atoms with van der Waals surface area (Å²) in [5.74, 6) is 0. The highest BCUT2D eigenvalue weighted by Crippen LogP contribution is 2.15. The van der Waals surface area contributed by atoms with Crippen LogP contribution in [0.15, 0.2) is 0 Å². The molecule has 8 heavy (non-hydrogen) atoms. The lowest BCUT2D eigenvalue weighted by atomic mass is 10.2. The van der Waals surface area contributed by atoms with Crippen LogP contribution in [0.4, 0.5) is 0 Å². The fourth-order valence-electron chi connectivity index (χ4n) is 0.658. The first kappa shape index (κ1) is 5.54. The van der Waals surface area contributed by atoms with Crippen LogP contribution in [0, 0.1) is 6.57 Å². The summed E-state index contributed by atoms with van der Waals surface area (Å²) >= 11 is 0. The average molecular weight is 112 g/mol. The topological polar surface area (TPSA) is 39.6 Å². The van der Waals surface area contributed by atoms with Crippen molar-refractivity contribution < 1.29 is 4.74 Å². The first-order valence-corrected chi connectivity index (χ1v) is 2.52. The third kappa shape index (κ3) is 0.808. The molecule has 2 N–H and O–H groups in total. The van der Waals surface area contributed by atoms with Gasteiger partial charge in [-0.1, -0.05) is 0 Å². The third-order valence-corrected chi connectivity index (χ3v) is 1.25. The van der Waals surface area contributed by atoms with E-state index in [0.29, 0.717) is 19.6 Å². The van der Waals surface area contributed by atoms with Crippen LogP contribution < -0.4 is 5.73 Å². The van der Waals surface area contributed by atoms with E-state index in [1.807, 2.05) is 0 Å². The van der Waals surface area contributed by atoms with Gasteiger partial charge >= 0.3 is 5.66 Å². The molecule has 0 saturated carbocycles. The van der Waals surface area contributed by atoms with Gasteiger partial charge in [0, 0.05) is 0 Å². The lowest BCUT2D eigenvalue weighted by molar-refractivity contribution is 0.186. The molecule has 1 fully saturated rings. The Balaban J connectivity index is 2.56. The number of ether oxygens (including phenoxy) is 1. The number of hydrogen-bond donors (Lipinski definition) is 1. The maximum Gasteiger partial charge on any atom is 0.309 e. The molecule has 1 atom stereocenters. The molecule has 0 spiro atoms. The second-order valence-corrected chi connectivity index (χ2v) is 2.02. The van der Waals surface area contributed by atoms with E-state index in [1.165, 1.54) is 0 Å². The first-order valence-electron chi connectivity index (χ1n) is 2.52. The van der Waals surface area contributed by atoms with Crippen LogP contribution >= 0.6 is 0 Å². The summed E-state index contributed by atoms with van der Waals surface area (Å²) in [4.78, 5) is 3.22. The molecule has 1 unspecified atom stereocenters. The van der Waals surface area contributed by atoms with Gasteiger partial charge in [-0.05, 0) is 0 Å². The molecule has 1 rings (SSSR count). The Morgan fingerprint density at radius 2 is 2.50 bits per heavy atom. The minimum Gasteiger partial charge on any atom is -0.371 e. The molecule has 0 aromatic carbocycles. The van der Waals surface area contributed by atoms with Gasteiger partial charge in [-0.25, -0.2) is 6.57 Å². The Bertz CT molecular complexity index is 121. The van der Waals surface area contributed by atoms with Gasteiger partial charge in [0.2, 0.25) is 0 Å². The summed E-state index contributed by atoms with van der Waals surface area (Å²) in [5, 5.41) is 0. The van der Waals surface area contributed by atoms with E-state index in [1.54, 1.807) is 0 Å². The maximum atomic E-state index is 6.62. The van der Waals surface area contributed by atoms with Crippen molar-refractivity contribution in [1.29, 1.82) is 0 Å². The summed E-state index contributed by atoms with van der Waals surface area (Å²) in [7, 11) is 0. The Morgan fingerprint density at radius 1 is 1.75 bits per heavy atom. The zero-order valence-corrected chi connectivity index (χ0v) is 4.55. The van der Waals surface area contributed by atoms with Crippen LogP contribution in [-0.2, 0) is 4.74 Å². The van der Waals surface area contributed by atoms with Gasteiger partial charge < -0.3 is 4.74 Å². The zero-order chi connectivity index (χ0) is 6.04. The van der Waals surface area contributed by atoms with E-state index in [9.17, 15) is 0 Å². The van der Waals surface area contributed by atoms with Crippen LogP contribution in [0.2, 0.25) is 0 Å². The summed E-state index contributed by atoms with van der Waals surface area (Å²) < 4.78 is 4.91. The molecule has 0 aliphatic carbocycles. The Labute approximate surface area is 48.2 Å². The lowest BCUT2D eigenvalue weighted by Crippen LogP contribution is -2.35. The Morgan fingerprint density at radius 3 is 2.75 bits per heavy atom. The van der Waals surface area contributed by atoms with Gasteiger partial charge in [0.25, 0.3) is 0 Å². The highest BCUT2D eigenvalue weighted by molar-refractivity contribution is 4.95. The van der Waals surface area contributed by atoms with Crippen LogP contribution in [-0.4, -0.2) is 18.9 Å². The van der Waals surface area contributed by atoms with Crippen LogP contribution in [0.1, 0.15) is 6.42 Å². The molecule has 0 aromatic rings. The lowest BCUT2D eigenvalue weighted by Gasteiger charge is -2.03. The van der Waals surface area contributed by atoms with Crippen LogP contribution in [0.25, 0.3) is 4.85 Å². The van der Waals surface area contributed by atoms with Crippen molar-refractivity contribution >= 4 is 0 Å². The summed E-state index contributed by atoms with van der Waals surface area (Å²) in [5.41, 5.74) is 4.78. The SMILES string of the molecule is [C-]#[N+]C1(N)CCOC1. The van der Waals surface area contributed by atoms with Gasteiger partial charge in [-0.15, -0.1) is 0 Å². The molecule has 1 heterocycles. The highest BCUT2D eigenvalue weighted by atomic mass is 16.5. The maximum absolute atomic E-state index is 6.62. The van der Waals surface area contributed by atoms with E-state index >= 15 is 0 Å². The van der Waals surface area contributed by atoms with Crippen LogP contribution in [0.3, 0.4) is 0 Å². The fraction of sp³-hybridized carbons (Fsp3) is 0.800. The highest BCUT2D eigenvalue weighted by Gasteiger charge is 2.36. The van der Waals surface area contributed by atoms with E-state index < -0.39 is 5.66 Å². The van der Waals surface area contributed by atoms with E-state index in [0.717, 1.165) is 0 Å². The van der Waals surface area contributed by atoms with Gasteiger partial charge in [0.15, 0.2) is 0 Å². The van der Waals surface area contributed by atoms with Crippen molar-refractivity contribution in [1.82, 2.24) is 0 Å². The third-order valence-electron chi connectivity index (χ3n) is 1.25. The van der Waals surface area contributed by atoms with Gasteiger partial charge in [0.05, 0.1) is 13.0 Å². The van der Waals surface area contributed by atoms with E-state index in [2.05, 4.69) is 4.85 Å². The second kappa shape index (κ2) is 1.73. The minimum atomic E-state index is -0.694. The van der Waals surface area contributed by atoms with Gasteiger partial charge in [-0.2, -0.15) is 0 Å². The van der Waals surface area contributed by atoms with Crippen molar-refractivity contribution in [2.75, 3.05) is 13.2 Å². The molecule has 1 saturated heterocycles. The quantitative estimate of drug-likeness (QED) is 0.447. The normalized spacial score (nSPS) is 37.0. The minimum absolute atomic E-state index is 0.399. The fourth-order valence-corrected chi connectivity index (χ4v) is 0.658. The molecule has 3 heteroatoms. The van der Waals surface area contributed by atoms with E-state index in [4.69, 9.17) is 17.0 Å². The summed E-state index contributed by atoms with van der Waals surface area (Å²) in [6.07, 6.45) is 0.677. The molecule has 0 amide bonds. The van der Waals surface area contributed by atoms with Gasteiger partial charge in [-0.3, -0.25) is 10.6 Å². The predicted octanol–water partition coefficient (Wildman–Crippen LogP) is -0.0190. The standard InChI is InChI=1S/C5H8N2O/c1-7-5(6)2-3-8-4-5/h2-4,6H2. The average Bonchev–Trinajstić information content (AvgIpc) is 2.17. The first-order chi connectivity index (χ1) is 3.77. The number of nitrogens with zero attached hydrogens (tertiary/aromatic N) is 1. The van der Waals surface area contributed by atoms with Crippen molar-refractivity contribution in [3.8, 4) is 0 Å². The summed E-state index contributed by atoms with van der Waals surface area (Å²) in [6.45, 7) is 7.65. The molecule has 44 valence electrons. The monoisotopic (exact) mass is 112 g/mol. The molecule has 0 radical (unpaired) electrons. The molecular weight excluding hydrogens is 104 g/mol. The number of nitrogens with two attached hydrogens (primary N) is 1. The Hall–Kier alpha value is -0.590. The van der Waals surface area contributed by atoms with Crippen molar-refractivity contribution in [3.63, 3.8) is 0 Å². The second-order valence-electron chi connectivity index (χ2n) is 2.02. The van der Waals surface area contributed by atoms with Crippen molar-refractivity contribution in [2.45, 2.75) is 12.1 Å². The molecule has 3 nitrogen and oxygen atoms in total. The zero-order valence-electron chi connectivity index (χ0n) is 4.55. The molecule has 1 aliphatic heterocycles. The predicted molar refractivity (Wildman–Crippen MR) is 29.0 cm³/mol. The molecule has 0 bridgehead atoms. The molecule has 0 aromatic heterocycles. The molecule has 1 aliphatic rings. The van der Waals surface area contributed by atoms with Gasteiger partial charge in [0.1, 0.15) is 6.61 Å². The number of rotatable bonds is 0. The summed E-state index contributed by atoms with van der Waals surface area (Å²) in [6, 6.07) is 0. The Kier molecular flexibility index (Phi) is 1.20. The van der Waals surface area contributed by atoms with Crippen LogP contribution in [0.5, 0.6) is 0 Å². The van der Waals surface area contributed by atoms with E-state index in [-0.39, 0.29) is 0 Å². The van der Waals surface area contributed by atoms with Crippen molar-refractivity contribution in [2.24, 2.45) is 5.73 Å².